The number of carbonyl (C=O) groups excluding carboxylic acids is 1. The number of amides is 2. The molecule has 0 spiro atoms. The van der Waals surface area contributed by atoms with Crippen molar-refractivity contribution in [2.24, 2.45) is 0 Å². The van der Waals surface area contributed by atoms with Gasteiger partial charge in [0.1, 0.15) is 6.04 Å². The molecule has 0 radical (unpaired) electrons. The van der Waals surface area contributed by atoms with Crippen LogP contribution in [0.5, 0.6) is 0 Å². The Morgan fingerprint density at radius 3 is 2.83 bits per heavy atom. The van der Waals surface area contributed by atoms with Gasteiger partial charge in [0.2, 0.25) is 0 Å². The summed E-state index contributed by atoms with van der Waals surface area (Å²) in [4.78, 5) is 27.5. The lowest BCUT2D eigenvalue weighted by molar-refractivity contribution is -0.141. The number of nitrogens with one attached hydrogen (secondary N) is 1. The molecule has 0 aromatic carbocycles. The first-order valence-electron chi connectivity index (χ1n) is 5.20. The molecule has 1 saturated heterocycles. The largest absolute Gasteiger partial charge is 0.480 e. The summed E-state index contributed by atoms with van der Waals surface area (Å²) in [5, 5.41) is 27.7. The fourth-order valence-corrected chi connectivity index (χ4v) is 1.74. The summed E-state index contributed by atoms with van der Waals surface area (Å²) in [5.41, 5.74) is 0. The molecule has 0 saturated carbocycles. The molecule has 0 bridgehead atoms. The van der Waals surface area contributed by atoms with Crippen LogP contribution in [0.3, 0.4) is 0 Å². The van der Waals surface area contributed by atoms with E-state index in [4.69, 9.17) is 5.11 Å². The molecule has 2 heterocycles. The summed E-state index contributed by atoms with van der Waals surface area (Å²) >= 11 is 0. The Kier molecular flexibility index (Phi) is 3.33. The number of carboxylic acids is 1. The number of aromatic nitrogens is 3. The highest BCUT2D eigenvalue weighted by atomic mass is 16.4. The van der Waals surface area contributed by atoms with Crippen LogP contribution in [0.4, 0.5) is 10.7 Å². The molecule has 1 aromatic rings. The molecule has 2 atom stereocenters. The molecular weight excluding hydrogens is 242 g/mol. The van der Waals surface area contributed by atoms with Gasteiger partial charge in [-0.25, -0.2) is 14.6 Å². The van der Waals surface area contributed by atoms with E-state index in [1.807, 2.05) is 0 Å². The van der Waals surface area contributed by atoms with E-state index < -0.39 is 24.1 Å². The average Bonchev–Trinajstić information content (AvgIpc) is 2.73. The SMILES string of the molecule is O=C(O)C1CC(O)CN1C(=O)Nc1nccnn1. The van der Waals surface area contributed by atoms with Gasteiger partial charge in [-0.05, 0) is 0 Å². The Labute approximate surface area is 101 Å². The minimum atomic E-state index is -1.16. The Morgan fingerprint density at radius 1 is 1.44 bits per heavy atom. The van der Waals surface area contributed by atoms with Gasteiger partial charge < -0.3 is 15.1 Å². The number of carboxylic acid groups (broad SMARTS) is 1. The lowest BCUT2D eigenvalue weighted by atomic mass is 10.2. The van der Waals surface area contributed by atoms with E-state index in [1.165, 1.54) is 12.4 Å². The second kappa shape index (κ2) is 4.92. The molecule has 9 nitrogen and oxygen atoms in total. The van der Waals surface area contributed by atoms with Crippen LogP contribution in [0.2, 0.25) is 0 Å². The monoisotopic (exact) mass is 253 g/mol. The van der Waals surface area contributed by atoms with Gasteiger partial charge in [-0.1, -0.05) is 0 Å². The molecule has 1 fully saturated rings. The van der Waals surface area contributed by atoms with Crippen LogP contribution in [0.15, 0.2) is 12.4 Å². The smallest absolute Gasteiger partial charge is 0.326 e. The quantitative estimate of drug-likeness (QED) is 0.611. The van der Waals surface area contributed by atoms with Crippen molar-refractivity contribution in [1.29, 1.82) is 0 Å². The highest BCUT2D eigenvalue weighted by Gasteiger charge is 2.39. The third kappa shape index (κ3) is 2.51. The third-order valence-corrected chi connectivity index (χ3v) is 2.53. The molecule has 2 amide bonds. The van der Waals surface area contributed by atoms with Crippen molar-refractivity contribution in [1.82, 2.24) is 20.1 Å². The zero-order valence-corrected chi connectivity index (χ0v) is 9.22. The van der Waals surface area contributed by atoms with Crippen LogP contribution in [0, 0.1) is 0 Å². The molecule has 9 heteroatoms. The summed E-state index contributed by atoms with van der Waals surface area (Å²) < 4.78 is 0. The number of aliphatic hydroxyl groups excluding tert-OH is 1. The summed E-state index contributed by atoms with van der Waals surface area (Å²) in [6.07, 6.45) is 1.86. The number of hydrogen-bond donors (Lipinski definition) is 3. The number of anilines is 1. The molecule has 18 heavy (non-hydrogen) atoms. The number of urea groups is 1. The van der Waals surface area contributed by atoms with Gasteiger partial charge in [0.25, 0.3) is 5.95 Å². The van der Waals surface area contributed by atoms with Gasteiger partial charge in [-0.15, -0.1) is 5.10 Å². The minimum absolute atomic E-state index is 0.0106. The summed E-state index contributed by atoms with van der Waals surface area (Å²) in [5.74, 6) is -1.18. The highest BCUT2D eigenvalue weighted by molar-refractivity contribution is 5.91. The molecule has 96 valence electrons. The third-order valence-electron chi connectivity index (χ3n) is 2.53. The first-order valence-corrected chi connectivity index (χ1v) is 5.20. The fraction of sp³-hybridized carbons (Fsp3) is 0.444. The van der Waals surface area contributed by atoms with Crippen molar-refractivity contribution in [3.05, 3.63) is 12.4 Å². The number of β-amino-alcohol motifs (C(OH)–C–C–N with tert-alkyl or cyclic N) is 1. The van der Waals surface area contributed by atoms with Crippen LogP contribution in [0.1, 0.15) is 6.42 Å². The highest BCUT2D eigenvalue weighted by Crippen LogP contribution is 2.18. The van der Waals surface area contributed by atoms with Crippen LogP contribution >= 0.6 is 0 Å². The Hall–Kier alpha value is -2.29. The Bertz CT molecular complexity index is 454. The number of aliphatic carboxylic acids is 1. The predicted octanol–water partition coefficient (Wildman–Crippen LogP) is -1.08. The van der Waals surface area contributed by atoms with Crippen molar-refractivity contribution < 1.29 is 19.8 Å². The van der Waals surface area contributed by atoms with Gasteiger partial charge >= 0.3 is 12.0 Å². The summed E-state index contributed by atoms with van der Waals surface area (Å²) in [6.45, 7) is -0.0386. The number of hydrogen-bond acceptors (Lipinski definition) is 6. The van der Waals surface area contributed by atoms with Crippen LogP contribution < -0.4 is 5.32 Å². The normalized spacial score (nSPS) is 22.8. The molecule has 2 rings (SSSR count). The molecule has 1 aliphatic heterocycles. The molecule has 0 aliphatic carbocycles. The molecule has 3 N–H and O–H groups in total. The van der Waals surface area contributed by atoms with Crippen molar-refractivity contribution in [3.63, 3.8) is 0 Å². The lowest BCUT2D eigenvalue weighted by Crippen LogP contribution is -2.43. The van der Waals surface area contributed by atoms with E-state index in [-0.39, 0.29) is 18.9 Å². The zero-order valence-electron chi connectivity index (χ0n) is 9.22. The van der Waals surface area contributed by atoms with Crippen LogP contribution in [-0.4, -0.2) is 61.0 Å². The van der Waals surface area contributed by atoms with Gasteiger partial charge in [-0.2, -0.15) is 5.10 Å². The number of rotatable bonds is 2. The predicted molar refractivity (Wildman–Crippen MR) is 57.6 cm³/mol. The van der Waals surface area contributed by atoms with Crippen molar-refractivity contribution in [3.8, 4) is 0 Å². The molecule has 2 unspecified atom stereocenters. The van der Waals surface area contributed by atoms with Crippen molar-refractivity contribution >= 4 is 17.9 Å². The van der Waals surface area contributed by atoms with E-state index in [1.54, 1.807) is 0 Å². The Balaban J connectivity index is 2.06. The van der Waals surface area contributed by atoms with Crippen molar-refractivity contribution in [2.45, 2.75) is 18.6 Å². The van der Waals surface area contributed by atoms with Gasteiger partial charge in [0.15, 0.2) is 0 Å². The lowest BCUT2D eigenvalue weighted by Gasteiger charge is -2.20. The second-order valence-electron chi connectivity index (χ2n) is 3.79. The van der Waals surface area contributed by atoms with Gasteiger partial charge in [0, 0.05) is 13.0 Å². The van der Waals surface area contributed by atoms with Crippen molar-refractivity contribution in [2.75, 3.05) is 11.9 Å². The minimum Gasteiger partial charge on any atom is -0.480 e. The van der Waals surface area contributed by atoms with E-state index in [9.17, 15) is 14.7 Å². The maximum atomic E-state index is 11.8. The average molecular weight is 253 g/mol. The van der Waals surface area contributed by atoms with E-state index >= 15 is 0 Å². The first-order chi connectivity index (χ1) is 8.58. The van der Waals surface area contributed by atoms with Crippen LogP contribution in [-0.2, 0) is 4.79 Å². The topological polar surface area (TPSA) is 129 Å². The molecular formula is C9H11N5O4. The van der Waals surface area contributed by atoms with Gasteiger partial charge in [0.05, 0.1) is 18.5 Å². The summed E-state index contributed by atoms with van der Waals surface area (Å²) in [7, 11) is 0. The number of carbonyl (C=O) groups is 2. The molecule has 1 aromatic heterocycles. The number of likely N-dealkylation sites (tertiary alicyclic amines) is 1. The first kappa shape index (κ1) is 12.2. The maximum absolute atomic E-state index is 11.8. The standard InChI is InChI=1S/C9H11N5O4/c15-5-3-6(7(16)17)14(4-5)9(18)12-8-10-1-2-11-13-8/h1-2,5-6,15H,3-4H2,(H,16,17)(H,10,12,13,18). The maximum Gasteiger partial charge on any atom is 0.326 e. The molecule has 1 aliphatic rings. The second-order valence-corrected chi connectivity index (χ2v) is 3.79. The van der Waals surface area contributed by atoms with E-state index in [2.05, 4.69) is 20.5 Å². The van der Waals surface area contributed by atoms with E-state index in [0.717, 1.165) is 4.90 Å². The van der Waals surface area contributed by atoms with Gasteiger partial charge in [-0.3, -0.25) is 5.32 Å². The number of nitrogens with zero attached hydrogens (tertiary/aromatic N) is 4. The number of aliphatic hydroxyl groups is 1. The zero-order chi connectivity index (χ0) is 13.1. The summed E-state index contributed by atoms with van der Waals surface area (Å²) in [6, 6.07) is -1.72. The fourth-order valence-electron chi connectivity index (χ4n) is 1.74. The van der Waals surface area contributed by atoms with E-state index in [0.29, 0.717) is 0 Å². The van der Waals surface area contributed by atoms with Crippen LogP contribution in [0.25, 0.3) is 0 Å². The Morgan fingerprint density at radius 2 is 2.22 bits per heavy atom.